The second-order valence-corrected chi connectivity index (χ2v) is 4.92. The molecule has 1 aromatic carbocycles. The Labute approximate surface area is 115 Å². The van der Waals surface area contributed by atoms with Crippen LogP contribution in [0.25, 0.3) is 0 Å². The Hall–Kier alpha value is -2.05. The van der Waals surface area contributed by atoms with Gasteiger partial charge in [0.15, 0.2) is 0 Å². The van der Waals surface area contributed by atoms with Crippen LogP contribution in [-0.4, -0.2) is 29.3 Å². The van der Waals surface area contributed by atoms with Crippen LogP contribution in [0.15, 0.2) is 12.1 Å². The molecule has 20 heavy (non-hydrogen) atoms. The lowest BCUT2D eigenvalue weighted by Crippen LogP contribution is -2.30. The smallest absolute Gasteiger partial charge is 0.305 e. The van der Waals surface area contributed by atoms with E-state index >= 15 is 0 Å². The normalized spacial score (nSPS) is 10.7. The third-order valence-corrected chi connectivity index (χ3v) is 2.87. The van der Waals surface area contributed by atoms with Crippen molar-refractivity contribution < 1.29 is 18.5 Å². The van der Waals surface area contributed by atoms with Crippen molar-refractivity contribution in [2.24, 2.45) is 5.92 Å². The van der Waals surface area contributed by atoms with Crippen molar-refractivity contribution in [3.8, 4) is 0 Å². The van der Waals surface area contributed by atoms with E-state index in [9.17, 15) is 23.7 Å². The van der Waals surface area contributed by atoms with Crippen molar-refractivity contribution in [1.82, 2.24) is 4.90 Å². The molecule has 0 aliphatic heterocycles. The summed E-state index contributed by atoms with van der Waals surface area (Å²) in [5.41, 5.74) is -1.79. The third kappa shape index (κ3) is 3.49. The van der Waals surface area contributed by atoms with Crippen LogP contribution in [-0.2, 0) is 0 Å². The van der Waals surface area contributed by atoms with E-state index in [1.165, 1.54) is 7.05 Å². The summed E-state index contributed by atoms with van der Waals surface area (Å²) in [6.07, 6.45) is 0.667. The first-order valence-corrected chi connectivity index (χ1v) is 6.13. The summed E-state index contributed by atoms with van der Waals surface area (Å²) in [7, 11) is 1.41. The average molecular weight is 286 g/mol. The Balaban J connectivity index is 3.09. The zero-order chi connectivity index (χ0) is 15.4. The molecule has 0 fully saturated rings. The number of amides is 1. The van der Waals surface area contributed by atoms with Gasteiger partial charge in [0.25, 0.3) is 5.91 Å². The predicted octanol–water partition coefficient (Wildman–Crippen LogP) is 2.99. The van der Waals surface area contributed by atoms with E-state index in [0.29, 0.717) is 24.9 Å². The van der Waals surface area contributed by atoms with Crippen LogP contribution in [0, 0.1) is 27.7 Å². The topological polar surface area (TPSA) is 63.5 Å². The van der Waals surface area contributed by atoms with Crippen LogP contribution in [0.1, 0.15) is 30.6 Å². The molecule has 1 aromatic rings. The highest BCUT2D eigenvalue weighted by molar-refractivity contribution is 5.95. The molecule has 0 atom stereocenters. The molecular weight excluding hydrogens is 270 g/mol. The van der Waals surface area contributed by atoms with Crippen LogP contribution in [0.3, 0.4) is 0 Å². The van der Waals surface area contributed by atoms with Gasteiger partial charge in [0.2, 0.25) is 5.82 Å². The highest BCUT2D eigenvalue weighted by Crippen LogP contribution is 2.24. The van der Waals surface area contributed by atoms with Crippen LogP contribution < -0.4 is 0 Å². The van der Waals surface area contributed by atoms with Crippen molar-refractivity contribution in [3.05, 3.63) is 39.4 Å². The fourth-order valence-electron chi connectivity index (χ4n) is 1.62. The monoisotopic (exact) mass is 286 g/mol. The van der Waals surface area contributed by atoms with Gasteiger partial charge in [-0.05, 0) is 18.4 Å². The van der Waals surface area contributed by atoms with Crippen molar-refractivity contribution in [2.45, 2.75) is 20.3 Å². The molecule has 0 heterocycles. The maximum absolute atomic E-state index is 13.9. The summed E-state index contributed by atoms with van der Waals surface area (Å²) in [6, 6.07) is 1.43. The Morgan fingerprint density at radius 1 is 1.40 bits per heavy atom. The molecule has 110 valence electrons. The van der Waals surface area contributed by atoms with Crippen molar-refractivity contribution in [2.75, 3.05) is 13.6 Å². The minimum Gasteiger partial charge on any atom is -0.342 e. The zero-order valence-electron chi connectivity index (χ0n) is 11.5. The molecule has 0 saturated carbocycles. The maximum Gasteiger partial charge on any atom is 0.305 e. The molecule has 0 unspecified atom stereocenters. The summed E-state index contributed by atoms with van der Waals surface area (Å²) < 4.78 is 27.5. The van der Waals surface area contributed by atoms with Gasteiger partial charge < -0.3 is 4.90 Å². The van der Waals surface area contributed by atoms with Crippen LogP contribution >= 0.6 is 0 Å². The lowest BCUT2D eigenvalue weighted by Gasteiger charge is -2.18. The number of hydrogen-bond donors (Lipinski definition) is 0. The minimum atomic E-state index is -1.43. The number of nitrogens with zero attached hydrogens (tertiary/aromatic N) is 2. The van der Waals surface area contributed by atoms with Gasteiger partial charge in [0.1, 0.15) is 11.4 Å². The molecule has 0 spiro atoms. The van der Waals surface area contributed by atoms with Gasteiger partial charge in [0.05, 0.1) is 4.92 Å². The largest absolute Gasteiger partial charge is 0.342 e. The first kappa shape index (κ1) is 16.0. The number of halogens is 2. The molecule has 0 aromatic heterocycles. The highest BCUT2D eigenvalue weighted by atomic mass is 19.1. The number of hydrogen-bond acceptors (Lipinski definition) is 3. The van der Waals surface area contributed by atoms with Crippen molar-refractivity contribution in [1.29, 1.82) is 0 Å². The van der Waals surface area contributed by atoms with Crippen molar-refractivity contribution >= 4 is 11.6 Å². The van der Waals surface area contributed by atoms with Crippen LogP contribution in [0.2, 0.25) is 0 Å². The molecule has 0 aliphatic carbocycles. The van der Waals surface area contributed by atoms with E-state index < -0.39 is 33.7 Å². The second kappa shape index (κ2) is 6.40. The molecule has 5 nitrogen and oxygen atoms in total. The second-order valence-electron chi connectivity index (χ2n) is 4.92. The Morgan fingerprint density at radius 3 is 2.50 bits per heavy atom. The Morgan fingerprint density at radius 2 is 2.00 bits per heavy atom. The molecule has 1 rings (SSSR count). The Kier molecular flexibility index (Phi) is 5.12. The number of rotatable bonds is 5. The Bertz CT molecular complexity index is 533. The molecule has 0 bridgehead atoms. The number of carbonyl (C=O) groups excluding carboxylic acids is 1. The lowest BCUT2D eigenvalue weighted by atomic mass is 10.1. The number of nitro benzene ring substituents is 1. The van der Waals surface area contributed by atoms with E-state index in [2.05, 4.69) is 0 Å². The van der Waals surface area contributed by atoms with Gasteiger partial charge in [-0.25, -0.2) is 4.39 Å². The lowest BCUT2D eigenvalue weighted by molar-refractivity contribution is -0.387. The van der Waals surface area contributed by atoms with E-state index in [1.807, 2.05) is 13.8 Å². The maximum atomic E-state index is 13.9. The van der Waals surface area contributed by atoms with Crippen LogP contribution in [0.5, 0.6) is 0 Å². The van der Waals surface area contributed by atoms with Gasteiger partial charge in [-0.1, -0.05) is 13.8 Å². The summed E-state index contributed by atoms with van der Waals surface area (Å²) >= 11 is 0. The van der Waals surface area contributed by atoms with Crippen molar-refractivity contribution in [3.63, 3.8) is 0 Å². The fraction of sp³-hybridized carbons (Fsp3) is 0.462. The predicted molar refractivity (Wildman–Crippen MR) is 69.4 cm³/mol. The molecule has 7 heteroatoms. The molecule has 0 N–H and O–H groups in total. The first-order chi connectivity index (χ1) is 9.25. The molecular formula is C13H16F2N2O3. The average Bonchev–Trinajstić information content (AvgIpc) is 2.35. The molecule has 0 saturated heterocycles. The highest BCUT2D eigenvalue weighted by Gasteiger charge is 2.27. The van der Waals surface area contributed by atoms with Gasteiger partial charge in [-0.2, -0.15) is 4.39 Å². The third-order valence-electron chi connectivity index (χ3n) is 2.87. The standard InChI is InChI=1S/C13H16F2N2O3/c1-8(2)6-7-16(3)13(18)11-9(14)4-5-10(12(11)15)17(19)20/h4-5,8H,6-7H2,1-3H3. The SMILES string of the molecule is CC(C)CCN(C)C(=O)c1c(F)ccc([N+](=O)[O-])c1F. The van der Waals surface area contributed by atoms with E-state index in [1.54, 1.807) is 0 Å². The fourth-order valence-corrected chi connectivity index (χ4v) is 1.62. The number of nitro groups is 1. The quantitative estimate of drug-likeness (QED) is 0.617. The van der Waals surface area contributed by atoms with E-state index in [-0.39, 0.29) is 0 Å². The summed E-state index contributed by atoms with van der Waals surface area (Å²) in [5, 5.41) is 10.6. The molecule has 0 aliphatic rings. The van der Waals surface area contributed by atoms with Gasteiger partial charge >= 0.3 is 5.69 Å². The number of benzene rings is 1. The summed E-state index contributed by atoms with van der Waals surface area (Å²) in [4.78, 5) is 22.8. The number of carbonyl (C=O) groups is 1. The minimum absolute atomic E-state index is 0.318. The van der Waals surface area contributed by atoms with Gasteiger partial charge in [-0.15, -0.1) is 0 Å². The van der Waals surface area contributed by atoms with E-state index in [4.69, 9.17) is 0 Å². The summed E-state index contributed by atoms with van der Waals surface area (Å²) in [6.45, 7) is 4.22. The van der Waals surface area contributed by atoms with Gasteiger partial charge in [0, 0.05) is 19.7 Å². The van der Waals surface area contributed by atoms with Crippen LogP contribution in [0.4, 0.5) is 14.5 Å². The van der Waals surface area contributed by atoms with Gasteiger partial charge in [-0.3, -0.25) is 14.9 Å². The first-order valence-electron chi connectivity index (χ1n) is 6.13. The molecule has 0 radical (unpaired) electrons. The summed E-state index contributed by atoms with van der Waals surface area (Å²) in [5.74, 6) is -3.11. The van der Waals surface area contributed by atoms with E-state index in [0.717, 1.165) is 11.0 Å². The zero-order valence-corrected chi connectivity index (χ0v) is 11.5. The molecule has 1 amide bonds.